The van der Waals surface area contributed by atoms with Crippen molar-refractivity contribution >= 4 is 31.6 Å². The van der Waals surface area contributed by atoms with E-state index in [1.807, 2.05) is 6.92 Å². The van der Waals surface area contributed by atoms with Crippen LogP contribution >= 0.6 is 0 Å². The second kappa shape index (κ2) is 13.0. The number of nitrogens with one attached hydrogen (secondary N) is 1. The summed E-state index contributed by atoms with van der Waals surface area (Å²) in [6.07, 6.45) is 1.15. The zero-order valence-electron chi connectivity index (χ0n) is 22.3. The molecule has 0 saturated carbocycles. The molecule has 0 atom stereocenters. The van der Waals surface area contributed by atoms with Crippen molar-refractivity contribution in [3.63, 3.8) is 0 Å². The first-order valence-electron chi connectivity index (χ1n) is 12.1. The topological polar surface area (TPSA) is 122 Å². The molecule has 0 aliphatic heterocycles. The van der Waals surface area contributed by atoms with Crippen LogP contribution in [0.2, 0.25) is 0 Å². The average Bonchev–Trinajstić information content (AvgIpc) is 2.90. The minimum atomic E-state index is -3.55. The Morgan fingerprint density at radius 1 is 0.821 bits per heavy atom. The highest BCUT2D eigenvalue weighted by atomic mass is 32.2. The first kappa shape index (κ1) is 29.9. The molecule has 12 heteroatoms. The van der Waals surface area contributed by atoms with Crippen molar-refractivity contribution in [2.24, 2.45) is 0 Å². The summed E-state index contributed by atoms with van der Waals surface area (Å²) in [7, 11) is -4.14. The van der Waals surface area contributed by atoms with E-state index in [9.17, 15) is 21.6 Å². The van der Waals surface area contributed by atoms with Crippen LogP contribution in [0.3, 0.4) is 0 Å². The van der Waals surface area contributed by atoms with Gasteiger partial charge in [-0.05, 0) is 73.2 Å². The van der Waals surface area contributed by atoms with Gasteiger partial charge in [-0.2, -0.15) is 0 Å². The zero-order valence-corrected chi connectivity index (χ0v) is 24.0. The van der Waals surface area contributed by atoms with Gasteiger partial charge in [0.1, 0.15) is 18.1 Å². The molecule has 0 unspecified atom stereocenters. The van der Waals surface area contributed by atoms with E-state index in [1.165, 1.54) is 30.5 Å². The standard InChI is InChI=1S/C27H33N3O7S2/c1-5-36-24-12-10-23(11-13-24)30(38(4,32)33)20-21-6-8-22(9-7-21)27(31)28-18-19-37-25-14-16-26(17-15-25)39(34,35)29(2)3/h6-17H,5,18-20H2,1-4H3,(H,28,31). The first-order valence-corrected chi connectivity index (χ1v) is 15.4. The van der Waals surface area contributed by atoms with Crippen LogP contribution in [-0.2, 0) is 26.6 Å². The molecule has 0 spiro atoms. The van der Waals surface area contributed by atoms with Gasteiger partial charge < -0.3 is 14.8 Å². The Kier molecular flexibility index (Phi) is 9.95. The van der Waals surface area contributed by atoms with Gasteiger partial charge in [-0.3, -0.25) is 9.10 Å². The van der Waals surface area contributed by atoms with Gasteiger partial charge >= 0.3 is 0 Å². The fourth-order valence-electron chi connectivity index (χ4n) is 3.56. The van der Waals surface area contributed by atoms with Gasteiger partial charge in [0.25, 0.3) is 5.91 Å². The quantitative estimate of drug-likeness (QED) is 0.311. The molecule has 1 amide bonds. The maximum atomic E-state index is 12.5. The number of benzene rings is 3. The van der Waals surface area contributed by atoms with Crippen LogP contribution in [0.5, 0.6) is 11.5 Å². The lowest BCUT2D eigenvalue weighted by Crippen LogP contribution is -2.29. The Hall–Kier alpha value is -3.61. The van der Waals surface area contributed by atoms with Crippen LogP contribution < -0.4 is 19.1 Å². The van der Waals surface area contributed by atoms with Crippen LogP contribution in [0, 0.1) is 0 Å². The molecule has 3 rings (SSSR count). The van der Waals surface area contributed by atoms with E-state index in [0.717, 1.165) is 10.6 Å². The van der Waals surface area contributed by atoms with Crippen LogP contribution in [0.1, 0.15) is 22.8 Å². The number of amides is 1. The summed E-state index contributed by atoms with van der Waals surface area (Å²) in [6, 6.07) is 19.6. The van der Waals surface area contributed by atoms with E-state index in [1.54, 1.807) is 60.7 Å². The number of anilines is 1. The number of hydrogen-bond donors (Lipinski definition) is 1. The van der Waals surface area contributed by atoms with Gasteiger partial charge in [0.15, 0.2) is 0 Å². The van der Waals surface area contributed by atoms with Crippen molar-refractivity contribution in [3.05, 3.63) is 83.9 Å². The van der Waals surface area contributed by atoms with Crippen LogP contribution in [0.4, 0.5) is 5.69 Å². The molecule has 1 N–H and O–H groups in total. The van der Waals surface area contributed by atoms with Gasteiger partial charge in [-0.25, -0.2) is 21.1 Å². The summed E-state index contributed by atoms with van der Waals surface area (Å²) in [5.41, 5.74) is 1.65. The molecule has 3 aromatic carbocycles. The zero-order chi connectivity index (χ0) is 28.6. The molecule has 39 heavy (non-hydrogen) atoms. The largest absolute Gasteiger partial charge is 0.494 e. The molecule has 0 fully saturated rings. The summed E-state index contributed by atoms with van der Waals surface area (Å²) >= 11 is 0. The lowest BCUT2D eigenvalue weighted by atomic mass is 10.1. The van der Waals surface area contributed by atoms with E-state index in [2.05, 4.69) is 5.32 Å². The SMILES string of the molecule is CCOc1ccc(N(Cc2ccc(C(=O)NCCOc3ccc(S(=O)(=O)N(C)C)cc3)cc2)S(C)(=O)=O)cc1. The lowest BCUT2D eigenvalue weighted by molar-refractivity contribution is 0.0947. The Morgan fingerprint density at radius 3 is 1.92 bits per heavy atom. The van der Waals surface area contributed by atoms with Crippen molar-refractivity contribution in [3.8, 4) is 11.5 Å². The lowest BCUT2D eigenvalue weighted by Gasteiger charge is -2.23. The summed E-state index contributed by atoms with van der Waals surface area (Å²) in [5, 5.41) is 2.76. The monoisotopic (exact) mass is 575 g/mol. The number of ether oxygens (including phenoxy) is 2. The van der Waals surface area contributed by atoms with Gasteiger partial charge in [0.05, 0.1) is 36.5 Å². The predicted molar refractivity (Wildman–Crippen MR) is 150 cm³/mol. The number of rotatable bonds is 13. The predicted octanol–water partition coefficient (Wildman–Crippen LogP) is 3.11. The van der Waals surface area contributed by atoms with Crippen LogP contribution in [-0.4, -0.2) is 67.2 Å². The number of carbonyl (C=O) groups excluding carboxylic acids is 1. The minimum absolute atomic E-state index is 0.108. The molecule has 0 aliphatic carbocycles. The highest BCUT2D eigenvalue weighted by molar-refractivity contribution is 7.92. The van der Waals surface area contributed by atoms with Crippen molar-refractivity contribution in [1.29, 1.82) is 0 Å². The number of sulfonamides is 2. The summed E-state index contributed by atoms with van der Waals surface area (Å²) in [4.78, 5) is 12.7. The van der Waals surface area contributed by atoms with E-state index in [0.29, 0.717) is 34.9 Å². The van der Waals surface area contributed by atoms with Crippen molar-refractivity contribution in [2.75, 3.05) is 44.4 Å². The first-order chi connectivity index (χ1) is 18.4. The van der Waals surface area contributed by atoms with Crippen molar-refractivity contribution in [2.45, 2.75) is 18.4 Å². The molecule has 0 aromatic heterocycles. The van der Waals surface area contributed by atoms with Crippen LogP contribution in [0.15, 0.2) is 77.7 Å². The van der Waals surface area contributed by atoms with Gasteiger partial charge in [-0.15, -0.1) is 0 Å². The molecule has 0 radical (unpaired) electrons. The van der Waals surface area contributed by atoms with E-state index in [4.69, 9.17) is 9.47 Å². The Labute approximate surface area is 230 Å². The molecule has 0 heterocycles. The number of nitrogens with zero attached hydrogens (tertiary/aromatic N) is 2. The molecule has 0 saturated heterocycles. The molecular weight excluding hydrogens is 542 g/mol. The maximum Gasteiger partial charge on any atom is 0.251 e. The van der Waals surface area contributed by atoms with Crippen LogP contribution in [0.25, 0.3) is 0 Å². The number of carbonyl (C=O) groups is 1. The minimum Gasteiger partial charge on any atom is -0.494 e. The highest BCUT2D eigenvalue weighted by Crippen LogP contribution is 2.24. The smallest absolute Gasteiger partial charge is 0.251 e. The maximum absolute atomic E-state index is 12.5. The average molecular weight is 576 g/mol. The second-order valence-electron chi connectivity index (χ2n) is 8.76. The second-order valence-corrected chi connectivity index (χ2v) is 12.8. The van der Waals surface area contributed by atoms with Crippen molar-refractivity contribution in [1.82, 2.24) is 9.62 Å². The Morgan fingerprint density at radius 2 is 1.38 bits per heavy atom. The molecular formula is C27H33N3O7S2. The molecule has 0 aliphatic rings. The summed E-state index contributed by atoms with van der Waals surface area (Å²) in [5.74, 6) is 0.835. The van der Waals surface area contributed by atoms with Crippen molar-refractivity contribution < 1.29 is 31.1 Å². The van der Waals surface area contributed by atoms with Gasteiger partial charge in [0.2, 0.25) is 20.0 Å². The fraction of sp³-hybridized carbons (Fsp3) is 0.296. The summed E-state index contributed by atoms with van der Waals surface area (Å²) < 4.78 is 62.6. The molecule has 0 bridgehead atoms. The Bertz CT molecular complexity index is 1460. The number of hydrogen-bond acceptors (Lipinski definition) is 7. The third kappa shape index (κ3) is 8.19. The van der Waals surface area contributed by atoms with E-state index >= 15 is 0 Å². The molecule has 3 aromatic rings. The molecule has 210 valence electrons. The third-order valence-corrected chi connectivity index (χ3v) is 8.61. The normalized spacial score (nSPS) is 11.7. The van der Waals surface area contributed by atoms with Gasteiger partial charge in [0, 0.05) is 19.7 Å². The fourth-order valence-corrected chi connectivity index (χ4v) is 5.35. The van der Waals surface area contributed by atoms with E-state index in [-0.39, 0.29) is 30.5 Å². The Balaban J connectivity index is 1.53. The third-order valence-electron chi connectivity index (χ3n) is 5.64. The van der Waals surface area contributed by atoms with E-state index < -0.39 is 20.0 Å². The van der Waals surface area contributed by atoms with Gasteiger partial charge in [-0.1, -0.05) is 12.1 Å². The summed E-state index contributed by atoms with van der Waals surface area (Å²) in [6.45, 7) is 2.92. The molecule has 10 nitrogen and oxygen atoms in total. The highest BCUT2D eigenvalue weighted by Gasteiger charge is 2.19.